The summed E-state index contributed by atoms with van der Waals surface area (Å²) in [5.41, 5.74) is 1.25. The molecule has 1 aliphatic heterocycles. The van der Waals surface area contributed by atoms with E-state index in [9.17, 15) is 0 Å². The minimum Gasteiger partial charge on any atom is -0.497 e. The van der Waals surface area contributed by atoms with Gasteiger partial charge in [-0.3, -0.25) is 0 Å². The molecule has 1 aromatic rings. The van der Waals surface area contributed by atoms with E-state index < -0.39 is 0 Å². The standard InChI is InChI=1S/C12H17NO2/c1-8(13-2)11-7-15-12-5-4-9(14-3)6-10(11)12/h4-6,8,11,13H,7H2,1-3H3. The van der Waals surface area contributed by atoms with Crippen molar-refractivity contribution in [2.24, 2.45) is 0 Å². The van der Waals surface area contributed by atoms with E-state index in [0.717, 1.165) is 18.1 Å². The van der Waals surface area contributed by atoms with Gasteiger partial charge in [0.15, 0.2) is 0 Å². The van der Waals surface area contributed by atoms with Crippen LogP contribution in [0, 0.1) is 0 Å². The van der Waals surface area contributed by atoms with Crippen molar-refractivity contribution in [1.82, 2.24) is 5.32 Å². The second kappa shape index (κ2) is 4.11. The van der Waals surface area contributed by atoms with E-state index in [1.165, 1.54) is 5.56 Å². The molecule has 0 saturated heterocycles. The number of methoxy groups -OCH3 is 1. The average molecular weight is 207 g/mol. The minimum absolute atomic E-state index is 0.415. The van der Waals surface area contributed by atoms with Gasteiger partial charge < -0.3 is 14.8 Å². The molecule has 3 nitrogen and oxygen atoms in total. The lowest BCUT2D eigenvalue weighted by molar-refractivity contribution is 0.308. The largest absolute Gasteiger partial charge is 0.497 e. The van der Waals surface area contributed by atoms with E-state index in [2.05, 4.69) is 18.3 Å². The first-order valence-corrected chi connectivity index (χ1v) is 5.24. The van der Waals surface area contributed by atoms with Crippen molar-refractivity contribution in [3.8, 4) is 11.5 Å². The molecule has 0 aliphatic carbocycles. The van der Waals surface area contributed by atoms with Crippen molar-refractivity contribution < 1.29 is 9.47 Å². The third-order valence-electron chi connectivity index (χ3n) is 3.09. The summed E-state index contributed by atoms with van der Waals surface area (Å²) in [4.78, 5) is 0. The van der Waals surface area contributed by atoms with E-state index in [-0.39, 0.29) is 0 Å². The maximum absolute atomic E-state index is 5.64. The molecule has 2 atom stereocenters. The van der Waals surface area contributed by atoms with Gasteiger partial charge in [0.1, 0.15) is 11.5 Å². The number of nitrogens with one attached hydrogen (secondary N) is 1. The van der Waals surface area contributed by atoms with E-state index in [1.54, 1.807) is 7.11 Å². The van der Waals surface area contributed by atoms with Crippen LogP contribution in [0.5, 0.6) is 11.5 Å². The molecule has 0 saturated carbocycles. The Morgan fingerprint density at radius 1 is 1.53 bits per heavy atom. The van der Waals surface area contributed by atoms with Gasteiger partial charge in [-0.05, 0) is 32.2 Å². The zero-order valence-electron chi connectivity index (χ0n) is 9.41. The highest BCUT2D eigenvalue weighted by Crippen LogP contribution is 2.37. The number of hydrogen-bond acceptors (Lipinski definition) is 3. The number of likely N-dealkylation sites (N-methyl/N-ethyl adjacent to an activating group) is 1. The molecule has 0 radical (unpaired) electrons. The molecule has 1 aromatic carbocycles. The third kappa shape index (κ3) is 1.79. The van der Waals surface area contributed by atoms with Crippen molar-refractivity contribution in [2.45, 2.75) is 18.9 Å². The van der Waals surface area contributed by atoms with E-state index >= 15 is 0 Å². The molecule has 0 aromatic heterocycles. The summed E-state index contributed by atoms with van der Waals surface area (Å²) in [6.45, 7) is 2.92. The number of ether oxygens (including phenoxy) is 2. The predicted molar refractivity (Wildman–Crippen MR) is 59.8 cm³/mol. The van der Waals surface area contributed by atoms with Gasteiger partial charge in [0.2, 0.25) is 0 Å². The van der Waals surface area contributed by atoms with E-state index in [0.29, 0.717) is 12.0 Å². The summed E-state index contributed by atoms with van der Waals surface area (Å²) < 4.78 is 10.9. The summed E-state index contributed by atoms with van der Waals surface area (Å²) in [6.07, 6.45) is 0. The van der Waals surface area contributed by atoms with Gasteiger partial charge in [0.25, 0.3) is 0 Å². The summed E-state index contributed by atoms with van der Waals surface area (Å²) in [5, 5.41) is 3.26. The Morgan fingerprint density at radius 3 is 3.00 bits per heavy atom. The van der Waals surface area contributed by atoms with Gasteiger partial charge in [-0.25, -0.2) is 0 Å². The summed E-state index contributed by atoms with van der Waals surface area (Å²) in [5.74, 6) is 2.30. The highest BCUT2D eigenvalue weighted by atomic mass is 16.5. The first-order valence-electron chi connectivity index (χ1n) is 5.24. The van der Waals surface area contributed by atoms with E-state index in [1.807, 2.05) is 19.2 Å². The van der Waals surface area contributed by atoms with E-state index in [4.69, 9.17) is 9.47 Å². The Morgan fingerprint density at radius 2 is 2.33 bits per heavy atom. The van der Waals surface area contributed by atoms with Crippen molar-refractivity contribution >= 4 is 0 Å². The van der Waals surface area contributed by atoms with Crippen molar-refractivity contribution in [2.75, 3.05) is 20.8 Å². The zero-order chi connectivity index (χ0) is 10.8. The molecule has 2 rings (SSSR count). The van der Waals surface area contributed by atoms with Crippen molar-refractivity contribution in [3.05, 3.63) is 23.8 Å². The fourth-order valence-corrected chi connectivity index (χ4v) is 1.96. The monoisotopic (exact) mass is 207 g/mol. The SMILES string of the molecule is CNC(C)C1COc2ccc(OC)cc21. The third-order valence-corrected chi connectivity index (χ3v) is 3.09. The predicted octanol–water partition coefficient (Wildman–Crippen LogP) is 1.78. The Kier molecular flexibility index (Phi) is 2.82. The lowest BCUT2D eigenvalue weighted by Gasteiger charge is -2.17. The smallest absolute Gasteiger partial charge is 0.123 e. The molecule has 15 heavy (non-hydrogen) atoms. The maximum Gasteiger partial charge on any atom is 0.123 e. The summed E-state index contributed by atoms with van der Waals surface area (Å²) in [6, 6.07) is 6.40. The Hall–Kier alpha value is -1.22. The summed E-state index contributed by atoms with van der Waals surface area (Å²) in [7, 11) is 3.66. The maximum atomic E-state index is 5.64. The molecule has 1 heterocycles. The van der Waals surface area contributed by atoms with Crippen LogP contribution < -0.4 is 14.8 Å². The lowest BCUT2D eigenvalue weighted by Crippen LogP contribution is -2.29. The number of hydrogen-bond donors (Lipinski definition) is 1. The molecular formula is C12H17NO2. The quantitative estimate of drug-likeness (QED) is 0.819. The Labute approximate surface area is 90.4 Å². The number of fused-ring (bicyclic) bond motifs is 1. The highest BCUT2D eigenvalue weighted by Gasteiger charge is 2.28. The molecule has 1 aliphatic rings. The van der Waals surface area contributed by atoms with Crippen molar-refractivity contribution in [1.29, 1.82) is 0 Å². The van der Waals surface area contributed by atoms with Gasteiger partial charge in [0.05, 0.1) is 13.7 Å². The topological polar surface area (TPSA) is 30.5 Å². The van der Waals surface area contributed by atoms with Crippen LogP contribution in [0.3, 0.4) is 0 Å². The molecule has 0 fully saturated rings. The van der Waals surface area contributed by atoms with Crippen LogP contribution in [0.4, 0.5) is 0 Å². The minimum atomic E-state index is 0.415. The van der Waals surface area contributed by atoms with Crippen LogP contribution >= 0.6 is 0 Å². The van der Waals surface area contributed by atoms with Crippen LogP contribution in [0.2, 0.25) is 0 Å². The number of benzene rings is 1. The number of rotatable bonds is 3. The van der Waals surface area contributed by atoms with Gasteiger partial charge in [-0.2, -0.15) is 0 Å². The Bertz CT molecular complexity index is 351. The van der Waals surface area contributed by atoms with Gasteiger partial charge in [-0.15, -0.1) is 0 Å². The first kappa shape index (κ1) is 10.3. The van der Waals surface area contributed by atoms with Crippen LogP contribution in [-0.4, -0.2) is 26.8 Å². The second-order valence-corrected chi connectivity index (χ2v) is 3.90. The van der Waals surface area contributed by atoms with Crippen molar-refractivity contribution in [3.63, 3.8) is 0 Å². The first-order chi connectivity index (χ1) is 7.26. The molecule has 0 bridgehead atoms. The molecule has 2 unspecified atom stereocenters. The fourth-order valence-electron chi connectivity index (χ4n) is 1.96. The Balaban J connectivity index is 2.31. The summed E-state index contributed by atoms with van der Waals surface area (Å²) >= 11 is 0. The van der Waals surface area contributed by atoms with Crippen LogP contribution in [0.15, 0.2) is 18.2 Å². The molecule has 1 N–H and O–H groups in total. The van der Waals surface area contributed by atoms with Gasteiger partial charge >= 0.3 is 0 Å². The molecule has 0 amide bonds. The van der Waals surface area contributed by atoms with Crippen LogP contribution in [-0.2, 0) is 0 Å². The van der Waals surface area contributed by atoms with Gasteiger partial charge in [-0.1, -0.05) is 0 Å². The molecule has 3 heteroatoms. The highest BCUT2D eigenvalue weighted by molar-refractivity contribution is 5.45. The average Bonchev–Trinajstić information content (AvgIpc) is 2.70. The van der Waals surface area contributed by atoms with Crippen LogP contribution in [0.1, 0.15) is 18.4 Å². The molecule has 0 spiro atoms. The van der Waals surface area contributed by atoms with Crippen LogP contribution in [0.25, 0.3) is 0 Å². The molecule has 82 valence electrons. The molecular weight excluding hydrogens is 190 g/mol. The van der Waals surface area contributed by atoms with Gasteiger partial charge in [0, 0.05) is 17.5 Å². The fraction of sp³-hybridized carbons (Fsp3) is 0.500. The zero-order valence-corrected chi connectivity index (χ0v) is 9.41. The lowest BCUT2D eigenvalue weighted by atomic mass is 9.94. The normalized spacial score (nSPS) is 20.6. The second-order valence-electron chi connectivity index (χ2n) is 3.90.